The smallest absolute Gasteiger partial charge is 0.376 e. The van der Waals surface area contributed by atoms with Crippen molar-refractivity contribution < 1.29 is 30.8 Å². The zero-order valence-electron chi connectivity index (χ0n) is 11.7. The molecule has 0 saturated carbocycles. The first-order valence-corrected chi connectivity index (χ1v) is 6.66. The summed E-state index contributed by atoms with van der Waals surface area (Å²) in [6, 6.07) is 9.18. The topological polar surface area (TPSA) is 30.2 Å². The summed E-state index contributed by atoms with van der Waals surface area (Å²) in [7, 11) is 0. The van der Waals surface area contributed by atoms with Crippen molar-refractivity contribution in [1.82, 2.24) is 0 Å². The molecule has 3 rings (SSSR count). The molecule has 24 heavy (non-hydrogen) atoms. The third-order valence-electron chi connectivity index (χ3n) is 3.62. The second-order valence-electron chi connectivity index (χ2n) is 5.13. The molecule has 1 heterocycles. The summed E-state index contributed by atoms with van der Waals surface area (Å²) in [5.41, 5.74) is -1.41. The van der Waals surface area contributed by atoms with Crippen LogP contribution in [-0.2, 0) is 5.92 Å². The van der Waals surface area contributed by atoms with Gasteiger partial charge < -0.3 is 4.42 Å². The van der Waals surface area contributed by atoms with Crippen molar-refractivity contribution in [2.24, 2.45) is 0 Å². The zero-order chi connectivity index (χ0) is 17.7. The zero-order valence-corrected chi connectivity index (χ0v) is 11.7. The Morgan fingerprint density at radius 1 is 0.958 bits per heavy atom. The van der Waals surface area contributed by atoms with Crippen molar-refractivity contribution in [3.8, 4) is 0 Å². The number of fused-ring (bicyclic) bond motifs is 3. The molecule has 3 aromatic rings. The second kappa shape index (κ2) is 5.25. The van der Waals surface area contributed by atoms with Crippen molar-refractivity contribution in [3.05, 3.63) is 58.4 Å². The van der Waals surface area contributed by atoms with Crippen LogP contribution in [0.15, 0.2) is 51.7 Å². The summed E-state index contributed by atoms with van der Waals surface area (Å²) in [5, 5.41) is 0.891. The van der Waals surface area contributed by atoms with Gasteiger partial charge in [0.1, 0.15) is 5.58 Å². The van der Waals surface area contributed by atoms with Crippen molar-refractivity contribution in [2.45, 2.75) is 18.3 Å². The van der Waals surface area contributed by atoms with Gasteiger partial charge in [0.15, 0.2) is 11.2 Å². The van der Waals surface area contributed by atoms with Crippen molar-refractivity contribution in [1.29, 1.82) is 0 Å². The van der Waals surface area contributed by atoms with Crippen LogP contribution in [0.2, 0.25) is 0 Å². The number of halogens is 6. The van der Waals surface area contributed by atoms with Gasteiger partial charge in [0.05, 0.1) is 5.39 Å². The van der Waals surface area contributed by atoms with E-state index >= 15 is 0 Å². The lowest BCUT2D eigenvalue weighted by Gasteiger charge is -2.24. The second-order valence-corrected chi connectivity index (χ2v) is 5.13. The van der Waals surface area contributed by atoms with Crippen LogP contribution in [0.25, 0.3) is 21.7 Å². The van der Waals surface area contributed by atoms with Crippen molar-refractivity contribution >= 4 is 21.7 Å². The van der Waals surface area contributed by atoms with E-state index in [1.165, 1.54) is 12.1 Å². The maximum atomic E-state index is 13.7. The number of hydrogen-bond acceptors (Lipinski definition) is 2. The quantitative estimate of drug-likeness (QED) is 0.497. The average Bonchev–Trinajstić information content (AvgIpc) is 2.53. The molecule has 2 nitrogen and oxygen atoms in total. The Bertz CT molecular complexity index is 977. The molecule has 0 amide bonds. The van der Waals surface area contributed by atoms with E-state index in [1.54, 1.807) is 18.2 Å². The van der Waals surface area contributed by atoms with Gasteiger partial charge in [-0.15, -0.1) is 0 Å². The monoisotopic (exact) mass is 346 g/mol. The van der Waals surface area contributed by atoms with Gasteiger partial charge in [-0.1, -0.05) is 30.3 Å². The van der Waals surface area contributed by atoms with E-state index < -0.39 is 29.5 Å². The van der Waals surface area contributed by atoms with E-state index in [4.69, 9.17) is 0 Å². The molecule has 0 radical (unpaired) electrons. The minimum absolute atomic E-state index is 0.0898. The van der Waals surface area contributed by atoms with Gasteiger partial charge in [0.25, 0.3) is 0 Å². The van der Waals surface area contributed by atoms with Crippen LogP contribution in [0.1, 0.15) is 5.76 Å². The Hall–Kier alpha value is -2.51. The molecular weight excluding hydrogens is 338 g/mol. The highest BCUT2D eigenvalue weighted by Gasteiger charge is 2.65. The van der Waals surface area contributed by atoms with Gasteiger partial charge >= 0.3 is 18.3 Å². The van der Waals surface area contributed by atoms with E-state index in [2.05, 4.69) is 4.42 Å². The van der Waals surface area contributed by atoms with Crippen LogP contribution < -0.4 is 5.43 Å². The summed E-state index contributed by atoms with van der Waals surface area (Å²) in [6.07, 6.45) is -4.62. The number of benzene rings is 2. The SMILES string of the molecule is O=c1cc(C(F)(F)C(F)(F)C(F)F)oc2ccc3ccccc3c12. The molecule has 0 aliphatic heterocycles. The van der Waals surface area contributed by atoms with E-state index in [9.17, 15) is 31.1 Å². The Balaban J connectivity index is 2.30. The number of rotatable bonds is 3. The molecule has 1 aromatic heterocycles. The minimum Gasteiger partial charge on any atom is -0.454 e. The van der Waals surface area contributed by atoms with Crippen LogP contribution in [0, 0.1) is 0 Å². The molecule has 0 fully saturated rings. The Morgan fingerprint density at radius 3 is 2.29 bits per heavy atom. The number of alkyl halides is 6. The fraction of sp³-hybridized carbons (Fsp3) is 0.188. The molecule has 8 heteroatoms. The molecular formula is C16H8F6O2. The van der Waals surface area contributed by atoms with Crippen LogP contribution in [-0.4, -0.2) is 12.3 Å². The van der Waals surface area contributed by atoms with Crippen LogP contribution in [0.4, 0.5) is 26.3 Å². The first-order chi connectivity index (χ1) is 11.2. The molecule has 0 aliphatic rings. The molecule has 126 valence electrons. The van der Waals surface area contributed by atoms with Gasteiger partial charge in [-0.25, -0.2) is 8.78 Å². The molecule has 0 spiro atoms. The van der Waals surface area contributed by atoms with Gasteiger partial charge in [-0.05, 0) is 16.8 Å². The van der Waals surface area contributed by atoms with Gasteiger partial charge in [0, 0.05) is 6.07 Å². The maximum absolute atomic E-state index is 13.7. The first kappa shape index (κ1) is 16.4. The van der Waals surface area contributed by atoms with Crippen molar-refractivity contribution in [2.75, 3.05) is 0 Å². The summed E-state index contributed by atoms with van der Waals surface area (Å²) < 4.78 is 83.0. The summed E-state index contributed by atoms with van der Waals surface area (Å²) in [4.78, 5) is 12.1. The van der Waals surface area contributed by atoms with Gasteiger partial charge in [-0.3, -0.25) is 4.79 Å². The maximum Gasteiger partial charge on any atom is 0.376 e. The van der Waals surface area contributed by atoms with Crippen LogP contribution >= 0.6 is 0 Å². The Kier molecular flexibility index (Phi) is 3.58. The molecule has 0 unspecified atom stereocenters. The van der Waals surface area contributed by atoms with Gasteiger partial charge in [0.2, 0.25) is 0 Å². The first-order valence-electron chi connectivity index (χ1n) is 6.66. The van der Waals surface area contributed by atoms with E-state index in [0.29, 0.717) is 10.8 Å². The molecule has 0 atom stereocenters. The highest BCUT2D eigenvalue weighted by Crippen LogP contribution is 2.46. The fourth-order valence-corrected chi connectivity index (χ4v) is 2.39. The standard InChI is InChI=1S/C16H8F6O2/c17-14(18)16(21,22)15(19,20)12-7-10(23)13-9-4-2-1-3-8(9)5-6-11(13)24-12/h1-7,14H. The van der Waals surface area contributed by atoms with E-state index in [-0.39, 0.29) is 17.0 Å². The lowest BCUT2D eigenvalue weighted by atomic mass is 10.0. The number of hydrogen-bond donors (Lipinski definition) is 0. The minimum atomic E-state index is -5.67. The summed E-state index contributed by atoms with van der Waals surface area (Å²) in [6.45, 7) is 0. The summed E-state index contributed by atoms with van der Waals surface area (Å²) in [5.74, 6) is -12.8. The lowest BCUT2D eigenvalue weighted by Crippen LogP contribution is -2.44. The third kappa shape index (κ3) is 2.24. The van der Waals surface area contributed by atoms with Crippen LogP contribution in [0.5, 0.6) is 0 Å². The predicted octanol–water partition coefficient (Wildman–Crippen LogP) is 4.94. The van der Waals surface area contributed by atoms with E-state index in [1.807, 2.05) is 0 Å². The van der Waals surface area contributed by atoms with E-state index in [0.717, 1.165) is 6.07 Å². The Morgan fingerprint density at radius 2 is 1.62 bits per heavy atom. The third-order valence-corrected chi connectivity index (χ3v) is 3.62. The predicted molar refractivity (Wildman–Crippen MR) is 74.8 cm³/mol. The normalized spacial score (nSPS) is 13.1. The summed E-state index contributed by atoms with van der Waals surface area (Å²) >= 11 is 0. The largest absolute Gasteiger partial charge is 0.454 e. The lowest BCUT2D eigenvalue weighted by molar-refractivity contribution is -0.276. The molecule has 0 N–H and O–H groups in total. The average molecular weight is 346 g/mol. The molecule has 0 bridgehead atoms. The van der Waals surface area contributed by atoms with Crippen LogP contribution in [0.3, 0.4) is 0 Å². The fourth-order valence-electron chi connectivity index (χ4n) is 2.39. The highest BCUT2D eigenvalue weighted by molar-refractivity contribution is 6.05. The van der Waals surface area contributed by atoms with Crippen molar-refractivity contribution in [3.63, 3.8) is 0 Å². The van der Waals surface area contributed by atoms with Gasteiger partial charge in [-0.2, -0.15) is 17.6 Å². The Labute approximate surface area is 130 Å². The molecule has 0 saturated heterocycles. The highest BCUT2D eigenvalue weighted by atomic mass is 19.3. The molecule has 0 aliphatic carbocycles. The molecule has 2 aromatic carbocycles.